The number of Topliss-reactive ketones (excluding diaryl/α,β-unsaturated/α-hetero) is 1. The predicted molar refractivity (Wildman–Crippen MR) is 121 cm³/mol. The number of rotatable bonds is 4. The second-order valence-corrected chi connectivity index (χ2v) is 8.78. The van der Waals surface area contributed by atoms with Gasteiger partial charge in [-0.05, 0) is 43.7 Å². The van der Waals surface area contributed by atoms with E-state index in [1.54, 1.807) is 25.1 Å². The summed E-state index contributed by atoms with van der Waals surface area (Å²) < 4.78 is 0. The van der Waals surface area contributed by atoms with Gasteiger partial charge in [-0.2, -0.15) is 0 Å². The fourth-order valence-corrected chi connectivity index (χ4v) is 4.54. The molecular weight excluding hydrogens is 454 g/mol. The van der Waals surface area contributed by atoms with Crippen LogP contribution in [-0.2, 0) is 9.59 Å². The highest BCUT2D eigenvalue weighted by Crippen LogP contribution is 2.44. The predicted octanol–water partition coefficient (Wildman–Crippen LogP) is 4.95. The van der Waals surface area contributed by atoms with Gasteiger partial charge >= 0.3 is 5.91 Å². The Morgan fingerprint density at radius 3 is 2.47 bits per heavy atom. The number of aromatic nitrogens is 1. The quantitative estimate of drug-likeness (QED) is 0.190. The average molecular weight is 470 g/mol. The Bertz CT molecular complexity index is 1280. The molecule has 0 aliphatic carbocycles. The maximum Gasteiger partial charge on any atom is 0.301 e. The number of carbonyl (C=O) groups excluding carboxylic acids is 2. The van der Waals surface area contributed by atoms with Gasteiger partial charge in [-0.1, -0.05) is 23.7 Å². The first-order valence-corrected chi connectivity index (χ1v) is 10.6. The molecule has 1 aliphatic rings. The summed E-state index contributed by atoms with van der Waals surface area (Å²) in [5, 5.41) is 23.1. The lowest BCUT2D eigenvalue weighted by atomic mass is 9.95. The van der Waals surface area contributed by atoms with E-state index in [4.69, 9.17) is 11.6 Å². The van der Waals surface area contributed by atoms with Crippen molar-refractivity contribution in [2.45, 2.75) is 19.9 Å². The first-order chi connectivity index (χ1) is 15.2. The molecule has 0 radical (unpaired) electrons. The Morgan fingerprint density at radius 1 is 1.19 bits per heavy atom. The number of nitrogens with zero attached hydrogens (tertiary/aromatic N) is 3. The second kappa shape index (κ2) is 8.18. The van der Waals surface area contributed by atoms with Crippen LogP contribution in [0.15, 0.2) is 54.1 Å². The summed E-state index contributed by atoms with van der Waals surface area (Å²) in [6, 6.07) is 10.7. The monoisotopic (exact) mass is 469 g/mol. The van der Waals surface area contributed by atoms with Crippen LogP contribution in [-0.4, -0.2) is 26.7 Å². The molecule has 8 nitrogen and oxygen atoms in total. The van der Waals surface area contributed by atoms with Crippen molar-refractivity contribution in [1.82, 2.24) is 4.98 Å². The molecule has 1 N–H and O–H groups in total. The number of benzene rings is 2. The Labute approximate surface area is 191 Å². The van der Waals surface area contributed by atoms with Gasteiger partial charge in [0.15, 0.2) is 5.13 Å². The molecule has 1 atom stereocenters. The van der Waals surface area contributed by atoms with Crippen molar-refractivity contribution in [2.75, 3.05) is 4.90 Å². The third kappa shape index (κ3) is 3.65. The molecule has 1 aliphatic heterocycles. The van der Waals surface area contributed by atoms with E-state index in [0.29, 0.717) is 16.3 Å². The highest BCUT2D eigenvalue weighted by Gasteiger charge is 2.48. The van der Waals surface area contributed by atoms with E-state index in [1.165, 1.54) is 46.6 Å². The molecule has 1 fully saturated rings. The number of anilines is 1. The fourth-order valence-electron chi connectivity index (χ4n) is 3.48. The number of aliphatic hydroxyl groups excluding tert-OH is 1. The first-order valence-electron chi connectivity index (χ1n) is 9.44. The molecule has 0 spiro atoms. The van der Waals surface area contributed by atoms with Gasteiger partial charge in [0.25, 0.3) is 11.5 Å². The number of halogens is 1. The van der Waals surface area contributed by atoms with E-state index in [1.807, 2.05) is 6.92 Å². The van der Waals surface area contributed by atoms with Crippen LogP contribution >= 0.6 is 22.9 Å². The number of hydrogen-bond acceptors (Lipinski definition) is 7. The van der Waals surface area contributed by atoms with Crippen molar-refractivity contribution in [2.24, 2.45) is 0 Å². The highest BCUT2D eigenvalue weighted by molar-refractivity contribution is 7.16. The minimum atomic E-state index is -1.09. The van der Waals surface area contributed by atoms with Gasteiger partial charge in [0.05, 0.1) is 22.2 Å². The summed E-state index contributed by atoms with van der Waals surface area (Å²) in [5.41, 5.74) is 0.908. The molecule has 1 amide bonds. The molecule has 1 aromatic heterocycles. The van der Waals surface area contributed by atoms with Crippen LogP contribution in [0.3, 0.4) is 0 Å². The number of non-ortho nitro benzene ring substituents is 1. The topological polar surface area (TPSA) is 114 Å². The van der Waals surface area contributed by atoms with Crippen molar-refractivity contribution in [3.8, 4) is 0 Å². The Balaban J connectivity index is 1.97. The largest absolute Gasteiger partial charge is 0.507 e. The number of hydrogen-bond donors (Lipinski definition) is 1. The Kier molecular flexibility index (Phi) is 5.53. The van der Waals surface area contributed by atoms with Gasteiger partial charge < -0.3 is 5.11 Å². The van der Waals surface area contributed by atoms with Crippen molar-refractivity contribution in [3.63, 3.8) is 0 Å². The maximum atomic E-state index is 13.1. The molecule has 2 aromatic carbocycles. The average Bonchev–Trinajstić information content (AvgIpc) is 3.23. The van der Waals surface area contributed by atoms with Crippen LogP contribution in [0.25, 0.3) is 5.76 Å². The number of aryl methyl sites for hydroxylation is 2. The second-order valence-electron chi connectivity index (χ2n) is 7.17. The number of amides is 1. The Morgan fingerprint density at radius 2 is 1.88 bits per heavy atom. The first kappa shape index (κ1) is 21.7. The molecule has 162 valence electrons. The number of carbonyl (C=O) groups is 2. The third-order valence-electron chi connectivity index (χ3n) is 5.18. The summed E-state index contributed by atoms with van der Waals surface area (Å²) >= 11 is 7.15. The molecule has 4 rings (SSSR count). The van der Waals surface area contributed by atoms with Crippen molar-refractivity contribution < 1.29 is 19.6 Å². The van der Waals surface area contributed by atoms with Gasteiger partial charge in [0.1, 0.15) is 5.76 Å². The lowest BCUT2D eigenvalue weighted by Crippen LogP contribution is -2.29. The van der Waals surface area contributed by atoms with Crippen LogP contribution in [0.2, 0.25) is 5.02 Å². The highest BCUT2D eigenvalue weighted by atomic mass is 35.5. The normalized spacial score (nSPS) is 17.7. The SMILES string of the molecule is Cc1nc(N2C(=O)C(=O)/C(=C(/O)c3ccc(Cl)cc3)[C@H]2c2cccc([N+](=O)[O-])c2)sc1C. The lowest BCUT2D eigenvalue weighted by Gasteiger charge is -2.22. The minimum absolute atomic E-state index is 0.177. The summed E-state index contributed by atoms with van der Waals surface area (Å²) in [5.74, 6) is -2.17. The smallest absolute Gasteiger partial charge is 0.301 e. The van der Waals surface area contributed by atoms with E-state index < -0.39 is 28.4 Å². The summed E-state index contributed by atoms with van der Waals surface area (Å²) in [7, 11) is 0. The fraction of sp³-hybridized carbons (Fsp3) is 0.136. The van der Waals surface area contributed by atoms with Gasteiger partial charge in [-0.25, -0.2) is 4.98 Å². The number of aliphatic hydroxyl groups is 1. The van der Waals surface area contributed by atoms with Gasteiger partial charge in [0.2, 0.25) is 0 Å². The van der Waals surface area contributed by atoms with Crippen LogP contribution < -0.4 is 4.90 Å². The van der Waals surface area contributed by atoms with Crippen molar-refractivity contribution in [1.29, 1.82) is 0 Å². The number of nitro groups is 1. The molecule has 3 aromatic rings. The number of thiazole rings is 1. The van der Waals surface area contributed by atoms with Gasteiger partial charge in [-0.3, -0.25) is 24.6 Å². The van der Waals surface area contributed by atoms with Gasteiger partial charge in [-0.15, -0.1) is 11.3 Å². The molecule has 32 heavy (non-hydrogen) atoms. The van der Waals surface area contributed by atoms with Crippen molar-refractivity contribution in [3.05, 3.63) is 90.9 Å². The third-order valence-corrected chi connectivity index (χ3v) is 6.51. The van der Waals surface area contributed by atoms with Crippen LogP contribution in [0, 0.1) is 24.0 Å². The van der Waals surface area contributed by atoms with Crippen LogP contribution in [0.1, 0.15) is 27.7 Å². The van der Waals surface area contributed by atoms with E-state index in [2.05, 4.69) is 4.98 Å². The number of nitro benzene ring substituents is 1. The Hall–Kier alpha value is -3.56. The molecule has 2 heterocycles. The molecular formula is C22H16ClN3O5S. The number of ketones is 1. The summed E-state index contributed by atoms with van der Waals surface area (Å²) in [6.07, 6.45) is 0. The maximum absolute atomic E-state index is 13.1. The van der Waals surface area contributed by atoms with Gasteiger partial charge in [0, 0.05) is 27.6 Å². The molecule has 0 unspecified atom stereocenters. The van der Waals surface area contributed by atoms with Crippen LogP contribution in [0.5, 0.6) is 0 Å². The molecule has 0 bridgehead atoms. The van der Waals surface area contributed by atoms with E-state index >= 15 is 0 Å². The molecule has 10 heteroatoms. The van der Waals surface area contributed by atoms with E-state index in [9.17, 15) is 24.8 Å². The molecule has 0 saturated carbocycles. The minimum Gasteiger partial charge on any atom is -0.507 e. The summed E-state index contributed by atoms with van der Waals surface area (Å²) in [6.45, 7) is 3.62. The standard InChI is InChI=1S/C22H16ClN3O5S/c1-11-12(2)32-22(24-11)25-18(14-4-3-5-16(10-14)26(30)31)17(20(28)21(25)29)19(27)13-6-8-15(23)9-7-13/h3-10,18,27H,1-2H3/b19-17+/t18-/m1/s1. The zero-order valence-corrected chi connectivity index (χ0v) is 18.5. The summed E-state index contributed by atoms with van der Waals surface area (Å²) in [4.78, 5) is 43.4. The zero-order chi connectivity index (χ0) is 23.2. The lowest BCUT2D eigenvalue weighted by molar-refractivity contribution is -0.384. The van der Waals surface area contributed by atoms with E-state index in [0.717, 1.165) is 4.88 Å². The van der Waals surface area contributed by atoms with E-state index in [-0.39, 0.29) is 22.0 Å². The van der Waals surface area contributed by atoms with Crippen molar-refractivity contribution >= 4 is 51.2 Å². The zero-order valence-electron chi connectivity index (χ0n) is 16.9. The van der Waals surface area contributed by atoms with Crippen LogP contribution in [0.4, 0.5) is 10.8 Å². The molecule has 1 saturated heterocycles.